The van der Waals surface area contributed by atoms with Gasteiger partial charge < -0.3 is 14.0 Å². The van der Waals surface area contributed by atoms with Crippen LogP contribution in [0.4, 0.5) is 0 Å². The lowest BCUT2D eigenvalue weighted by molar-refractivity contribution is 0.0913. The second-order valence-corrected chi connectivity index (χ2v) is 29.1. The van der Waals surface area contributed by atoms with E-state index in [1.54, 1.807) is 17.7 Å². The summed E-state index contributed by atoms with van der Waals surface area (Å²) < 4.78 is 15.1. The van der Waals surface area contributed by atoms with Crippen molar-refractivity contribution in [2.24, 2.45) is 17.3 Å². The second kappa shape index (κ2) is 16.4. The van der Waals surface area contributed by atoms with Crippen LogP contribution < -0.4 is 0 Å². The smallest absolute Gasteiger partial charge is 0.201 e. The summed E-state index contributed by atoms with van der Waals surface area (Å²) in [6, 6.07) is 7.36. The van der Waals surface area contributed by atoms with E-state index in [0.717, 1.165) is 31.2 Å². The maximum absolute atomic E-state index is 9.95. The molecular formula is C45H72O3Si2. The maximum Gasteiger partial charge on any atom is 0.201 e. The zero-order valence-electron chi connectivity index (χ0n) is 34.2. The van der Waals surface area contributed by atoms with Gasteiger partial charge in [0.15, 0.2) is 0 Å². The molecule has 5 heteroatoms. The molecule has 1 N–H and O–H groups in total. The van der Waals surface area contributed by atoms with Crippen LogP contribution in [0, 0.1) is 29.1 Å². The summed E-state index contributed by atoms with van der Waals surface area (Å²) in [7, 11) is -4.23. The number of aromatic hydroxyl groups is 1. The van der Waals surface area contributed by atoms with Gasteiger partial charge in [0, 0.05) is 17.9 Å². The molecule has 3 nitrogen and oxygen atoms in total. The van der Waals surface area contributed by atoms with Gasteiger partial charge in [0.1, 0.15) is 5.75 Å². The van der Waals surface area contributed by atoms with E-state index < -0.39 is 16.6 Å². The standard InChI is InChI=1S/C45H72O3Si2/c1-30(2)49(31(3)4,32(5)6)47-42-28-39(36(13)44(29-42)48-50(33(7)8,34(9)10)35(11)12)22-21-38-18-16-26-45(14)40(24-25-43(38)45)23-20-37-17-15-19-41(46)27-37/h15,17,19,21-22,27,30-35,40,42-44,46H,13,16,18,24-26,28-29H2,1-12,14H3/b38-21+,39-22-/t40-,42+,43-,44-,45+/m0/s1. The SMILES string of the molecule is C=C1/C(=C\C=C2/CCC[C@]3(C)[C@@H](C#Cc4cccc(O)c4)CC[C@@H]23)C[C@@H](O[Si](C(C)C)(C(C)C)C(C)C)C[C@@H]1O[Si](C(C)C)(C(C)C)C(C)C. The van der Waals surface area contributed by atoms with Gasteiger partial charge in [-0.15, -0.1) is 0 Å². The van der Waals surface area contributed by atoms with E-state index in [1.165, 1.54) is 30.4 Å². The molecule has 3 fully saturated rings. The molecule has 0 heterocycles. The van der Waals surface area contributed by atoms with Crippen LogP contribution in [-0.4, -0.2) is 33.9 Å². The highest BCUT2D eigenvalue weighted by molar-refractivity contribution is 6.78. The number of phenols is 1. The Labute approximate surface area is 310 Å². The highest BCUT2D eigenvalue weighted by atomic mass is 28.4. The maximum atomic E-state index is 9.95. The van der Waals surface area contributed by atoms with E-state index in [1.807, 2.05) is 12.1 Å². The fourth-order valence-electron chi connectivity index (χ4n) is 11.2. The van der Waals surface area contributed by atoms with Crippen LogP contribution in [0.3, 0.4) is 0 Å². The first kappa shape index (κ1) is 40.9. The normalized spacial score (nSPS) is 28.1. The molecule has 0 unspecified atom stereocenters. The molecule has 0 amide bonds. The fraction of sp³-hybridized carbons (Fsp3) is 0.689. The number of rotatable bonds is 11. The molecule has 3 aliphatic rings. The molecule has 50 heavy (non-hydrogen) atoms. The first-order valence-corrected chi connectivity index (χ1v) is 24.4. The molecule has 278 valence electrons. The number of hydrogen-bond donors (Lipinski definition) is 1. The van der Waals surface area contributed by atoms with Crippen molar-refractivity contribution >= 4 is 16.6 Å². The predicted molar refractivity (Wildman–Crippen MR) is 220 cm³/mol. The van der Waals surface area contributed by atoms with Crippen molar-refractivity contribution in [2.75, 3.05) is 0 Å². The molecule has 0 aliphatic heterocycles. The average molecular weight is 717 g/mol. The van der Waals surface area contributed by atoms with Crippen molar-refractivity contribution in [1.29, 1.82) is 0 Å². The molecule has 5 atom stereocenters. The first-order chi connectivity index (χ1) is 23.4. The monoisotopic (exact) mass is 717 g/mol. The van der Waals surface area contributed by atoms with Crippen molar-refractivity contribution in [3.63, 3.8) is 0 Å². The van der Waals surface area contributed by atoms with Crippen LogP contribution in [0.5, 0.6) is 5.75 Å². The zero-order valence-corrected chi connectivity index (χ0v) is 36.2. The Hall–Kier alpha value is -1.85. The summed E-state index contributed by atoms with van der Waals surface area (Å²) in [4.78, 5) is 0. The summed E-state index contributed by atoms with van der Waals surface area (Å²) in [5.41, 5.74) is 8.39. The first-order valence-electron chi connectivity index (χ1n) is 20.1. The summed E-state index contributed by atoms with van der Waals surface area (Å²) in [5.74, 6) is 8.28. The van der Waals surface area contributed by atoms with E-state index in [0.29, 0.717) is 45.1 Å². The largest absolute Gasteiger partial charge is 0.508 e. The Bertz CT molecular complexity index is 1410. The number of allylic oxidation sites excluding steroid dienone is 3. The zero-order chi connectivity index (χ0) is 37.2. The third-order valence-electron chi connectivity index (χ3n) is 13.6. The molecule has 1 aromatic carbocycles. The van der Waals surface area contributed by atoms with Gasteiger partial charge in [-0.2, -0.15) is 0 Å². The van der Waals surface area contributed by atoms with E-state index in [4.69, 9.17) is 15.4 Å². The van der Waals surface area contributed by atoms with E-state index >= 15 is 0 Å². The Balaban J connectivity index is 1.70. The van der Waals surface area contributed by atoms with Crippen LogP contribution in [-0.2, 0) is 8.85 Å². The minimum Gasteiger partial charge on any atom is -0.508 e. The number of fused-ring (bicyclic) bond motifs is 1. The lowest BCUT2D eigenvalue weighted by Crippen LogP contribution is -2.54. The molecule has 0 spiro atoms. The van der Waals surface area contributed by atoms with Gasteiger partial charge in [-0.1, -0.05) is 132 Å². The molecule has 3 aliphatic carbocycles. The number of hydrogen-bond acceptors (Lipinski definition) is 3. The second-order valence-electron chi connectivity index (χ2n) is 18.2. The molecular weight excluding hydrogens is 645 g/mol. The molecule has 3 saturated carbocycles. The molecule has 0 saturated heterocycles. The highest BCUT2D eigenvalue weighted by Crippen LogP contribution is 2.57. The third-order valence-corrected chi connectivity index (χ3v) is 25.8. The molecule has 0 bridgehead atoms. The predicted octanol–water partition coefficient (Wildman–Crippen LogP) is 13.3. The van der Waals surface area contributed by atoms with Gasteiger partial charge in [0.05, 0.1) is 12.2 Å². The Morgan fingerprint density at radius 1 is 0.840 bits per heavy atom. The van der Waals surface area contributed by atoms with Gasteiger partial charge in [-0.25, -0.2) is 0 Å². The van der Waals surface area contributed by atoms with Crippen LogP contribution in [0.25, 0.3) is 0 Å². The number of phenolic OH excluding ortho intramolecular Hbond substituents is 1. The Morgan fingerprint density at radius 3 is 1.98 bits per heavy atom. The van der Waals surface area contributed by atoms with Gasteiger partial charge in [0.2, 0.25) is 16.6 Å². The molecule has 1 aromatic rings. The fourth-order valence-corrected chi connectivity index (χ4v) is 22.3. The van der Waals surface area contributed by atoms with E-state index in [9.17, 15) is 5.11 Å². The third kappa shape index (κ3) is 8.04. The summed E-state index contributed by atoms with van der Waals surface area (Å²) in [5, 5.41) is 9.95. The van der Waals surface area contributed by atoms with Gasteiger partial charge in [-0.05, 0) is 112 Å². The molecule has 0 aromatic heterocycles. The Kier molecular flexibility index (Phi) is 13.5. The topological polar surface area (TPSA) is 38.7 Å². The lowest BCUT2D eigenvalue weighted by Gasteiger charge is -2.49. The van der Waals surface area contributed by atoms with Crippen LogP contribution in [0.2, 0.25) is 33.2 Å². The minimum atomic E-state index is -2.14. The molecule has 0 radical (unpaired) electrons. The average Bonchev–Trinajstić information content (AvgIpc) is 3.37. The van der Waals surface area contributed by atoms with Gasteiger partial charge in [-0.3, -0.25) is 0 Å². The van der Waals surface area contributed by atoms with Gasteiger partial charge in [0.25, 0.3) is 0 Å². The van der Waals surface area contributed by atoms with Crippen molar-refractivity contribution in [2.45, 2.75) is 180 Å². The Morgan fingerprint density at radius 2 is 1.42 bits per heavy atom. The van der Waals surface area contributed by atoms with Crippen molar-refractivity contribution < 1.29 is 14.0 Å². The van der Waals surface area contributed by atoms with Crippen LogP contribution in [0.1, 0.15) is 141 Å². The summed E-state index contributed by atoms with van der Waals surface area (Å²) in [6.07, 6.45) is 12.8. The quantitative estimate of drug-likeness (QED) is 0.183. The minimum absolute atomic E-state index is 0.00404. The summed E-state index contributed by atoms with van der Waals surface area (Å²) in [6.45, 7) is 36.1. The van der Waals surface area contributed by atoms with Crippen molar-refractivity contribution in [3.8, 4) is 17.6 Å². The van der Waals surface area contributed by atoms with Crippen molar-refractivity contribution in [1.82, 2.24) is 0 Å². The van der Waals surface area contributed by atoms with E-state index in [-0.39, 0.29) is 23.4 Å². The van der Waals surface area contributed by atoms with E-state index in [2.05, 4.69) is 114 Å². The molecule has 4 rings (SSSR count). The number of benzene rings is 1. The van der Waals surface area contributed by atoms with Gasteiger partial charge >= 0.3 is 0 Å². The van der Waals surface area contributed by atoms with Crippen LogP contribution in [0.15, 0.2) is 59.7 Å². The lowest BCUT2D eigenvalue weighted by atomic mass is 9.63. The summed E-state index contributed by atoms with van der Waals surface area (Å²) >= 11 is 0. The highest BCUT2D eigenvalue weighted by Gasteiger charge is 2.51. The van der Waals surface area contributed by atoms with Crippen LogP contribution >= 0.6 is 0 Å². The van der Waals surface area contributed by atoms with Crippen molar-refractivity contribution in [3.05, 3.63) is 65.3 Å².